The van der Waals surface area contributed by atoms with Gasteiger partial charge in [-0.25, -0.2) is 8.42 Å². The van der Waals surface area contributed by atoms with E-state index in [2.05, 4.69) is 5.32 Å². The lowest BCUT2D eigenvalue weighted by Gasteiger charge is -2.25. The lowest BCUT2D eigenvalue weighted by molar-refractivity contribution is -0.137. The van der Waals surface area contributed by atoms with Crippen LogP contribution in [-0.4, -0.2) is 20.9 Å². The van der Waals surface area contributed by atoms with Gasteiger partial charge in [0.1, 0.15) is 6.54 Å². The highest BCUT2D eigenvalue weighted by Gasteiger charge is 2.31. The Bertz CT molecular complexity index is 1260. The maximum Gasteiger partial charge on any atom is 0.416 e. The second-order valence-corrected chi connectivity index (χ2v) is 9.75. The third-order valence-corrected chi connectivity index (χ3v) is 6.90. The molecule has 1 N–H and O–H groups in total. The first-order chi connectivity index (χ1) is 15.4. The summed E-state index contributed by atoms with van der Waals surface area (Å²) in [5, 5.41) is 2.63. The van der Waals surface area contributed by atoms with Crippen LogP contribution in [-0.2, 0) is 21.0 Å². The molecule has 0 spiro atoms. The van der Waals surface area contributed by atoms with Gasteiger partial charge in [0.05, 0.1) is 21.2 Å². The van der Waals surface area contributed by atoms with Gasteiger partial charge < -0.3 is 5.32 Å². The molecule has 1 amide bonds. The standard InChI is InChI=1S/C22H17Cl2F3N2O3S/c1-14-2-9-18(10-3-14)33(31,32)29(20-12-16(23)6-11-19(20)24)13-21(30)28-17-7-4-15(5-8-17)22(25,26)27/h2-12H,13H2,1H3,(H,28,30). The number of hydrogen-bond acceptors (Lipinski definition) is 3. The molecule has 0 saturated heterocycles. The summed E-state index contributed by atoms with van der Waals surface area (Å²) < 4.78 is 65.8. The van der Waals surface area contributed by atoms with Crippen LogP contribution >= 0.6 is 23.2 Å². The predicted molar refractivity (Wildman–Crippen MR) is 122 cm³/mol. The zero-order valence-corrected chi connectivity index (χ0v) is 19.4. The third kappa shape index (κ3) is 5.98. The number of aryl methyl sites for hydroxylation is 1. The van der Waals surface area contributed by atoms with Crippen molar-refractivity contribution in [2.24, 2.45) is 0 Å². The SMILES string of the molecule is Cc1ccc(S(=O)(=O)N(CC(=O)Nc2ccc(C(F)(F)F)cc2)c2cc(Cl)ccc2Cl)cc1. The van der Waals surface area contributed by atoms with Gasteiger partial charge >= 0.3 is 6.18 Å². The summed E-state index contributed by atoms with van der Waals surface area (Å²) in [6.45, 7) is 1.09. The molecule has 0 fully saturated rings. The summed E-state index contributed by atoms with van der Waals surface area (Å²) in [5.41, 5.74) is 0.00121. The van der Waals surface area contributed by atoms with Gasteiger partial charge in [-0.1, -0.05) is 40.9 Å². The summed E-state index contributed by atoms with van der Waals surface area (Å²) in [7, 11) is -4.24. The maximum atomic E-state index is 13.4. The van der Waals surface area contributed by atoms with Crippen molar-refractivity contribution in [1.29, 1.82) is 0 Å². The second kappa shape index (κ2) is 9.62. The summed E-state index contributed by atoms with van der Waals surface area (Å²) in [6, 6.07) is 13.9. The minimum atomic E-state index is -4.52. The number of carbonyl (C=O) groups excluding carboxylic acids is 1. The minimum absolute atomic E-state index is 0.0210. The quantitative estimate of drug-likeness (QED) is 0.426. The average Bonchev–Trinajstić information content (AvgIpc) is 2.74. The number of carbonyl (C=O) groups is 1. The molecule has 0 bridgehead atoms. The number of halogens is 5. The van der Waals surface area contributed by atoms with E-state index < -0.39 is 34.2 Å². The first-order valence-electron chi connectivity index (χ1n) is 9.39. The maximum absolute atomic E-state index is 13.4. The van der Waals surface area contributed by atoms with Crippen molar-refractivity contribution in [2.45, 2.75) is 18.0 Å². The molecule has 5 nitrogen and oxygen atoms in total. The Hall–Kier alpha value is -2.75. The Labute approximate surface area is 198 Å². The fourth-order valence-electron chi connectivity index (χ4n) is 2.89. The van der Waals surface area contributed by atoms with Crippen molar-refractivity contribution >= 4 is 50.5 Å². The van der Waals surface area contributed by atoms with Crippen LogP contribution in [0.3, 0.4) is 0 Å². The molecule has 0 saturated carbocycles. The molecule has 0 heterocycles. The van der Waals surface area contributed by atoms with Crippen LogP contribution in [0.5, 0.6) is 0 Å². The fraction of sp³-hybridized carbons (Fsp3) is 0.136. The average molecular weight is 517 g/mol. The van der Waals surface area contributed by atoms with Crippen LogP contribution in [0.2, 0.25) is 10.0 Å². The molecule has 3 rings (SSSR count). The van der Waals surface area contributed by atoms with E-state index in [4.69, 9.17) is 23.2 Å². The van der Waals surface area contributed by atoms with Crippen LogP contribution in [0.4, 0.5) is 24.5 Å². The molecular formula is C22H17Cl2F3N2O3S. The highest BCUT2D eigenvalue weighted by atomic mass is 35.5. The lowest BCUT2D eigenvalue weighted by atomic mass is 10.2. The molecule has 0 aliphatic heterocycles. The van der Waals surface area contributed by atoms with Crippen LogP contribution < -0.4 is 9.62 Å². The number of amides is 1. The molecular weight excluding hydrogens is 500 g/mol. The molecule has 0 aromatic heterocycles. The fourth-order valence-corrected chi connectivity index (χ4v) is 4.76. The summed E-state index contributed by atoms with van der Waals surface area (Å²) in [6.07, 6.45) is -4.52. The molecule has 0 aliphatic carbocycles. The number of benzene rings is 3. The molecule has 0 aliphatic rings. The van der Waals surface area contributed by atoms with Gasteiger partial charge in [0.25, 0.3) is 10.0 Å². The van der Waals surface area contributed by atoms with Gasteiger partial charge in [-0.2, -0.15) is 13.2 Å². The first-order valence-corrected chi connectivity index (χ1v) is 11.6. The monoisotopic (exact) mass is 516 g/mol. The van der Waals surface area contributed by atoms with Gasteiger partial charge in [0.15, 0.2) is 0 Å². The van der Waals surface area contributed by atoms with E-state index in [0.29, 0.717) is 0 Å². The van der Waals surface area contributed by atoms with E-state index in [1.165, 1.54) is 30.3 Å². The molecule has 174 valence electrons. The van der Waals surface area contributed by atoms with Crippen molar-refractivity contribution < 1.29 is 26.4 Å². The Balaban J connectivity index is 1.94. The highest BCUT2D eigenvalue weighted by molar-refractivity contribution is 7.92. The van der Waals surface area contributed by atoms with Gasteiger partial charge in [-0.05, 0) is 61.5 Å². The summed E-state index contributed by atoms with van der Waals surface area (Å²) in [4.78, 5) is 12.6. The number of alkyl halides is 3. The van der Waals surface area contributed by atoms with Gasteiger partial charge in [0.2, 0.25) is 5.91 Å². The largest absolute Gasteiger partial charge is 0.416 e. The first kappa shape index (κ1) is 24.9. The molecule has 0 unspecified atom stereocenters. The summed E-state index contributed by atoms with van der Waals surface area (Å²) >= 11 is 12.2. The third-order valence-electron chi connectivity index (χ3n) is 4.57. The normalized spacial score (nSPS) is 11.8. The summed E-state index contributed by atoms with van der Waals surface area (Å²) in [5.74, 6) is -0.790. The van der Waals surface area contributed by atoms with Gasteiger partial charge in [-0.15, -0.1) is 0 Å². The predicted octanol–water partition coefficient (Wildman–Crippen LogP) is 6.15. The lowest BCUT2D eigenvalue weighted by Crippen LogP contribution is -2.38. The Morgan fingerprint density at radius 1 is 0.970 bits per heavy atom. The molecule has 3 aromatic carbocycles. The molecule has 0 radical (unpaired) electrons. The van der Waals surface area contributed by atoms with Crippen molar-refractivity contribution in [3.63, 3.8) is 0 Å². The topological polar surface area (TPSA) is 66.5 Å². The number of sulfonamides is 1. The Morgan fingerprint density at radius 2 is 1.58 bits per heavy atom. The van der Waals surface area contributed by atoms with Crippen LogP contribution in [0.1, 0.15) is 11.1 Å². The molecule has 33 heavy (non-hydrogen) atoms. The van der Waals surface area contributed by atoms with Gasteiger partial charge in [-0.3, -0.25) is 9.10 Å². The Morgan fingerprint density at radius 3 is 2.15 bits per heavy atom. The molecule has 0 atom stereocenters. The smallest absolute Gasteiger partial charge is 0.325 e. The number of rotatable bonds is 6. The van der Waals surface area contributed by atoms with E-state index in [0.717, 1.165) is 34.1 Å². The van der Waals surface area contributed by atoms with E-state index >= 15 is 0 Å². The van der Waals surface area contributed by atoms with Crippen molar-refractivity contribution in [3.8, 4) is 0 Å². The second-order valence-electron chi connectivity index (χ2n) is 7.04. The number of anilines is 2. The highest BCUT2D eigenvalue weighted by Crippen LogP contribution is 2.33. The van der Waals surface area contributed by atoms with E-state index in [1.54, 1.807) is 19.1 Å². The van der Waals surface area contributed by atoms with Crippen molar-refractivity contribution in [3.05, 3.63) is 87.9 Å². The van der Waals surface area contributed by atoms with Crippen LogP contribution in [0.25, 0.3) is 0 Å². The molecule has 3 aromatic rings. The van der Waals surface area contributed by atoms with Crippen LogP contribution in [0.15, 0.2) is 71.6 Å². The minimum Gasteiger partial charge on any atom is -0.325 e. The van der Waals surface area contributed by atoms with Crippen LogP contribution in [0, 0.1) is 6.92 Å². The van der Waals surface area contributed by atoms with Crippen molar-refractivity contribution in [2.75, 3.05) is 16.2 Å². The number of nitrogens with zero attached hydrogens (tertiary/aromatic N) is 1. The van der Waals surface area contributed by atoms with E-state index in [-0.39, 0.29) is 26.3 Å². The number of hydrogen-bond donors (Lipinski definition) is 1. The zero-order chi connectivity index (χ0) is 24.4. The zero-order valence-electron chi connectivity index (χ0n) is 17.0. The molecule has 11 heteroatoms. The van der Waals surface area contributed by atoms with E-state index in [9.17, 15) is 26.4 Å². The number of nitrogens with one attached hydrogen (secondary N) is 1. The Kier molecular flexibility index (Phi) is 7.26. The van der Waals surface area contributed by atoms with E-state index in [1.807, 2.05) is 0 Å². The van der Waals surface area contributed by atoms with Gasteiger partial charge in [0, 0.05) is 10.7 Å². The van der Waals surface area contributed by atoms with Crippen molar-refractivity contribution in [1.82, 2.24) is 0 Å².